The van der Waals surface area contributed by atoms with Gasteiger partial charge in [-0.25, -0.2) is 0 Å². The van der Waals surface area contributed by atoms with E-state index in [-0.39, 0.29) is 0 Å². The molecule has 2 unspecified atom stereocenters. The lowest BCUT2D eigenvalue weighted by Gasteiger charge is -2.52. The lowest BCUT2D eigenvalue weighted by Crippen LogP contribution is -2.62. The summed E-state index contributed by atoms with van der Waals surface area (Å²) in [5.41, 5.74) is 0.300. The van der Waals surface area contributed by atoms with Crippen molar-refractivity contribution in [3.8, 4) is 0 Å². The number of rotatable bonds is 7. The zero-order valence-electron chi connectivity index (χ0n) is 11.7. The predicted molar refractivity (Wildman–Crippen MR) is 69.7 cm³/mol. The third-order valence-corrected chi connectivity index (χ3v) is 4.17. The molecule has 1 saturated carbocycles. The van der Waals surface area contributed by atoms with Crippen LogP contribution in [0.4, 0.5) is 0 Å². The Morgan fingerprint density at radius 3 is 2.19 bits per heavy atom. The van der Waals surface area contributed by atoms with Crippen molar-refractivity contribution in [1.29, 1.82) is 0 Å². The van der Waals surface area contributed by atoms with Gasteiger partial charge in [0.25, 0.3) is 0 Å². The molecule has 2 atom stereocenters. The molecule has 1 fully saturated rings. The first-order chi connectivity index (χ1) is 7.56. The Balaban J connectivity index is 2.41. The van der Waals surface area contributed by atoms with Crippen molar-refractivity contribution >= 4 is 0 Å². The van der Waals surface area contributed by atoms with Gasteiger partial charge in [-0.15, -0.1) is 0 Å². The van der Waals surface area contributed by atoms with Crippen LogP contribution in [0, 0.1) is 5.41 Å². The summed E-state index contributed by atoms with van der Waals surface area (Å²) in [6.07, 6.45) is 6.77. The van der Waals surface area contributed by atoms with Crippen LogP contribution in [0.15, 0.2) is 0 Å². The molecule has 1 aliphatic carbocycles. The summed E-state index contributed by atoms with van der Waals surface area (Å²) < 4.78 is 5.49. The van der Waals surface area contributed by atoms with Crippen molar-refractivity contribution < 1.29 is 4.74 Å². The largest absolute Gasteiger partial charge is 0.381 e. The minimum Gasteiger partial charge on any atom is -0.381 e. The van der Waals surface area contributed by atoms with Gasteiger partial charge in [0.05, 0.1) is 6.10 Å². The molecule has 0 aliphatic heterocycles. The fourth-order valence-electron chi connectivity index (χ4n) is 2.86. The quantitative estimate of drug-likeness (QED) is 0.720. The number of hydrogen-bond acceptors (Lipinski definition) is 2. The summed E-state index contributed by atoms with van der Waals surface area (Å²) in [6.45, 7) is 9.18. The molecule has 0 heterocycles. The average Bonchev–Trinajstić information content (AvgIpc) is 2.24. The van der Waals surface area contributed by atoms with Crippen molar-refractivity contribution in [2.45, 2.75) is 78.0 Å². The third-order valence-electron chi connectivity index (χ3n) is 4.17. The number of hydrogen-bond donors (Lipinski definition) is 1. The van der Waals surface area contributed by atoms with Crippen LogP contribution < -0.4 is 5.32 Å². The van der Waals surface area contributed by atoms with Crippen molar-refractivity contribution in [2.24, 2.45) is 5.41 Å². The van der Waals surface area contributed by atoms with Gasteiger partial charge in [0.2, 0.25) is 0 Å². The zero-order chi connectivity index (χ0) is 12.2. The minimum atomic E-state index is 0.300. The molecule has 0 spiro atoms. The van der Waals surface area contributed by atoms with Gasteiger partial charge in [-0.2, -0.15) is 0 Å². The van der Waals surface area contributed by atoms with E-state index in [1.807, 2.05) is 7.11 Å². The molecule has 0 aromatic heterocycles. The molecular formula is C14H29NO. The summed E-state index contributed by atoms with van der Waals surface area (Å²) in [5, 5.41) is 3.83. The molecule has 0 amide bonds. The van der Waals surface area contributed by atoms with E-state index in [1.165, 1.54) is 32.1 Å². The van der Waals surface area contributed by atoms with Crippen LogP contribution in [0.25, 0.3) is 0 Å². The number of methoxy groups -OCH3 is 1. The second-order valence-electron chi connectivity index (χ2n) is 5.77. The SMILES string of the molecule is CCCC(CCC)NC1CC(OC)C1(C)C. The van der Waals surface area contributed by atoms with Crippen molar-refractivity contribution in [2.75, 3.05) is 7.11 Å². The van der Waals surface area contributed by atoms with E-state index in [9.17, 15) is 0 Å². The Labute approximate surface area is 101 Å². The fourth-order valence-corrected chi connectivity index (χ4v) is 2.86. The first-order valence-electron chi connectivity index (χ1n) is 6.85. The van der Waals surface area contributed by atoms with Gasteiger partial charge in [0.15, 0.2) is 0 Å². The maximum atomic E-state index is 5.49. The van der Waals surface area contributed by atoms with E-state index in [2.05, 4.69) is 33.0 Å². The van der Waals surface area contributed by atoms with Crippen LogP contribution in [0.3, 0.4) is 0 Å². The fraction of sp³-hybridized carbons (Fsp3) is 1.00. The van der Waals surface area contributed by atoms with Gasteiger partial charge < -0.3 is 10.1 Å². The topological polar surface area (TPSA) is 21.3 Å². The number of ether oxygens (including phenoxy) is 1. The predicted octanol–water partition coefficient (Wildman–Crippen LogP) is 3.36. The molecule has 0 aromatic rings. The van der Waals surface area contributed by atoms with Gasteiger partial charge in [-0.3, -0.25) is 0 Å². The van der Waals surface area contributed by atoms with Gasteiger partial charge in [0, 0.05) is 24.6 Å². The van der Waals surface area contributed by atoms with Crippen molar-refractivity contribution in [3.63, 3.8) is 0 Å². The summed E-state index contributed by atoms with van der Waals surface area (Å²) in [7, 11) is 1.83. The molecule has 2 heteroatoms. The van der Waals surface area contributed by atoms with E-state index in [0.717, 1.165) is 0 Å². The molecular weight excluding hydrogens is 198 g/mol. The van der Waals surface area contributed by atoms with Crippen LogP contribution in [0.2, 0.25) is 0 Å². The van der Waals surface area contributed by atoms with Crippen LogP contribution >= 0.6 is 0 Å². The molecule has 16 heavy (non-hydrogen) atoms. The molecule has 1 aliphatic rings. The van der Waals surface area contributed by atoms with E-state index in [4.69, 9.17) is 4.74 Å². The molecule has 0 aromatic carbocycles. The second kappa shape index (κ2) is 6.02. The van der Waals surface area contributed by atoms with Gasteiger partial charge in [-0.05, 0) is 19.3 Å². The molecule has 2 nitrogen and oxygen atoms in total. The van der Waals surface area contributed by atoms with Crippen LogP contribution in [0.5, 0.6) is 0 Å². The van der Waals surface area contributed by atoms with Crippen molar-refractivity contribution in [1.82, 2.24) is 5.32 Å². The first-order valence-corrected chi connectivity index (χ1v) is 6.85. The summed E-state index contributed by atoms with van der Waals surface area (Å²) in [6, 6.07) is 1.35. The lowest BCUT2D eigenvalue weighted by atomic mass is 9.64. The molecule has 0 bridgehead atoms. The van der Waals surface area contributed by atoms with Crippen LogP contribution in [-0.2, 0) is 4.74 Å². The Hall–Kier alpha value is -0.0800. The monoisotopic (exact) mass is 227 g/mol. The highest BCUT2D eigenvalue weighted by Crippen LogP contribution is 2.42. The first kappa shape index (κ1) is 14.0. The highest BCUT2D eigenvalue weighted by molar-refractivity contribution is 5.03. The average molecular weight is 227 g/mol. The lowest BCUT2D eigenvalue weighted by molar-refractivity contribution is -0.101. The molecule has 0 saturated heterocycles. The zero-order valence-corrected chi connectivity index (χ0v) is 11.7. The molecule has 1 N–H and O–H groups in total. The van der Waals surface area contributed by atoms with E-state index < -0.39 is 0 Å². The third kappa shape index (κ3) is 2.98. The number of nitrogens with one attached hydrogen (secondary N) is 1. The Morgan fingerprint density at radius 1 is 1.25 bits per heavy atom. The summed E-state index contributed by atoms with van der Waals surface area (Å²) >= 11 is 0. The summed E-state index contributed by atoms with van der Waals surface area (Å²) in [4.78, 5) is 0. The van der Waals surface area contributed by atoms with Crippen LogP contribution in [-0.4, -0.2) is 25.3 Å². The van der Waals surface area contributed by atoms with E-state index in [0.29, 0.717) is 23.6 Å². The van der Waals surface area contributed by atoms with Gasteiger partial charge >= 0.3 is 0 Å². The highest BCUT2D eigenvalue weighted by atomic mass is 16.5. The Bertz CT molecular complexity index is 197. The normalized spacial score (nSPS) is 28.1. The molecule has 1 rings (SSSR count). The minimum absolute atomic E-state index is 0.300. The van der Waals surface area contributed by atoms with Gasteiger partial charge in [-0.1, -0.05) is 40.5 Å². The molecule has 96 valence electrons. The van der Waals surface area contributed by atoms with E-state index >= 15 is 0 Å². The maximum Gasteiger partial charge on any atom is 0.0652 e. The standard InChI is InChI=1S/C14H29NO/c1-6-8-11(9-7-2)15-12-10-13(16-5)14(12,3)4/h11-13,15H,6-10H2,1-5H3. The Morgan fingerprint density at radius 2 is 1.81 bits per heavy atom. The van der Waals surface area contributed by atoms with Crippen molar-refractivity contribution in [3.05, 3.63) is 0 Å². The maximum absolute atomic E-state index is 5.49. The van der Waals surface area contributed by atoms with Gasteiger partial charge in [0.1, 0.15) is 0 Å². The van der Waals surface area contributed by atoms with E-state index in [1.54, 1.807) is 0 Å². The van der Waals surface area contributed by atoms with Crippen LogP contribution in [0.1, 0.15) is 59.8 Å². The smallest absolute Gasteiger partial charge is 0.0652 e. The highest BCUT2D eigenvalue weighted by Gasteiger charge is 2.48. The molecule has 0 radical (unpaired) electrons. The Kier molecular flexibility index (Phi) is 5.26. The summed E-state index contributed by atoms with van der Waals surface area (Å²) in [5.74, 6) is 0. The second-order valence-corrected chi connectivity index (χ2v) is 5.77.